The van der Waals surface area contributed by atoms with Crippen molar-refractivity contribution in [2.75, 3.05) is 13.2 Å². The lowest BCUT2D eigenvalue weighted by atomic mass is 10.2. The molecule has 7 heteroatoms. The molecule has 2 aromatic rings. The van der Waals surface area contributed by atoms with Gasteiger partial charge < -0.3 is 9.47 Å². The van der Waals surface area contributed by atoms with Crippen LogP contribution in [0.25, 0.3) is 0 Å². The van der Waals surface area contributed by atoms with Crippen LogP contribution >= 0.6 is 31.9 Å². The Morgan fingerprint density at radius 1 is 1.08 bits per heavy atom. The molecule has 0 aromatic heterocycles. The van der Waals surface area contributed by atoms with Crippen molar-refractivity contribution in [1.82, 2.24) is 5.43 Å². The molecule has 0 heterocycles. The van der Waals surface area contributed by atoms with Crippen LogP contribution in [0.3, 0.4) is 0 Å². The van der Waals surface area contributed by atoms with E-state index in [2.05, 4.69) is 42.4 Å². The van der Waals surface area contributed by atoms with Gasteiger partial charge in [0.25, 0.3) is 5.91 Å². The van der Waals surface area contributed by atoms with Crippen LogP contribution < -0.4 is 14.9 Å². The molecule has 0 saturated heterocycles. The van der Waals surface area contributed by atoms with Crippen molar-refractivity contribution in [1.29, 1.82) is 0 Å². The average molecular weight is 484 g/mol. The van der Waals surface area contributed by atoms with Gasteiger partial charge in [0.2, 0.25) is 0 Å². The van der Waals surface area contributed by atoms with Crippen molar-refractivity contribution in [3.8, 4) is 11.5 Å². The molecule has 0 bridgehead atoms. The summed E-state index contributed by atoms with van der Waals surface area (Å²) in [6.45, 7) is 5.00. The Morgan fingerprint density at radius 3 is 2.46 bits per heavy atom. The van der Waals surface area contributed by atoms with Gasteiger partial charge in [0, 0.05) is 14.5 Å². The summed E-state index contributed by atoms with van der Waals surface area (Å²) < 4.78 is 12.9. The Kier molecular flexibility index (Phi) is 8.12. The third-order valence-corrected chi connectivity index (χ3v) is 4.28. The van der Waals surface area contributed by atoms with Crippen LogP contribution in [0.4, 0.5) is 0 Å². The number of halogens is 2. The highest BCUT2D eigenvalue weighted by Crippen LogP contribution is 2.24. The third-order valence-electron chi connectivity index (χ3n) is 3.29. The van der Waals surface area contributed by atoms with Crippen molar-refractivity contribution < 1.29 is 14.3 Å². The molecule has 138 valence electrons. The van der Waals surface area contributed by atoms with E-state index in [1.54, 1.807) is 18.3 Å². The molecule has 5 nitrogen and oxygen atoms in total. The summed E-state index contributed by atoms with van der Waals surface area (Å²) in [6.07, 6.45) is 2.47. The number of ether oxygens (including phenoxy) is 2. The second kappa shape index (κ2) is 10.3. The zero-order valence-corrected chi connectivity index (χ0v) is 17.8. The largest absolute Gasteiger partial charge is 0.493 e. The molecule has 0 spiro atoms. The van der Waals surface area contributed by atoms with E-state index in [0.29, 0.717) is 30.3 Å². The Bertz CT molecular complexity index is 794. The standard InChI is InChI=1S/C19H20Br2N2O3/c1-3-9-26-17-7-5-14(20)10-13(17)12-22-23-19(24)16-11-15(21)6-8-18(16)25-4-2/h5-8,10-12H,3-4,9H2,1-2H3,(H,23,24)/b22-12+. The lowest BCUT2D eigenvalue weighted by molar-refractivity contribution is 0.0951. The normalized spacial score (nSPS) is 10.8. The number of hydrogen-bond acceptors (Lipinski definition) is 4. The molecular formula is C19H20Br2N2O3. The van der Waals surface area contributed by atoms with Gasteiger partial charge in [-0.25, -0.2) is 5.43 Å². The van der Waals surface area contributed by atoms with E-state index in [4.69, 9.17) is 9.47 Å². The molecule has 0 aliphatic carbocycles. The van der Waals surface area contributed by atoms with Crippen LogP contribution in [-0.4, -0.2) is 25.3 Å². The maximum Gasteiger partial charge on any atom is 0.275 e. The number of carbonyl (C=O) groups is 1. The molecule has 0 atom stereocenters. The molecule has 0 radical (unpaired) electrons. The summed E-state index contributed by atoms with van der Waals surface area (Å²) in [7, 11) is 0. The van der Waals surface area contributed by atoms with Gasteiger partial charge in [-0.15, -0.1) is 0 Å². The lowest BCUT2D eigenvalue weighted by Crippen LogP contribution is -2.19. The number of nitrogens with zero attached hydrogens (tertiary/aromatic N) is 1. The summed E-state index contributed by atoms with van der Waals surface area (Å²) in [4.78, 5) is 12.4. The van der Waals surface area contributed by atoms with Crippen LogP contribution in [-0.2, 0) is 0 Å². The maximum absolute atomic E-state index is 12.4. The Hall–Kier alpha value is -1.86. The first-order chi connectivity index (χ1) is 12.5. The number of nitrogens with one attached hydrogen (secondary N) is 1. The summed E-state index contributed by atoms with van der Waals surface area (Å²) in [6, 6.07) is 10.9. The number of hydrazone groups is 1. The van der Waals surface area contributed by atoms with Gasteiger partial charge in [0.1, 0.15) is 11.5 Å². The van der Waals surface area contributed by atoms with Crippen molar-refractivity contribution in [2.45, 2.75) is 20.3 Å². The predicted molar refractivity (Wildman–Crippen MR) is 110 cm³/mol. The SMILES string of the molecule is CCCOc1ccc(Br)cc1/C=N/NC(=O)c1cc(Br)ccc1OCC. The zero-order valence-electron chi connectivity index (χ0n) is 14.6. The fraction of sp³-hybridized carbons (Fsp3) is 0.263. The van der Waals surface area contributed by atoms with Gasteiger partial charge >= 0.3 is 0 Å². The van der Waals surface area contributed by atoms with Gasteiger partial charge in [-0.2, -0.15) is 5.10 Å². The monoisotopic (exact) mass is 482 g/mol. The predicted octanol–water partition coefficient (Wildman–Crippen LogP) is 5.16. The molecule has 1 amide bonds. The first-order valence-electron chi connectivity index (χ1n) is 8.23. The minimum absolute atomic E-state index is 0.350. The van der Waals surface area contributed by atoms with Gasteiger partial charge in [-0.3, -0.25) is 4.79 Å². The maximum atomic E-state index is 12.4. The van der Waals surface area contributed by atoms with Crippen molar-refractivity contribution in [3.63, 3.8) is 0 Å². The quantitative estimate of drug-likeness (QED) is 0.416. The molecule has 0 aliphatic rings. The van der Waals surface area contributed by atoms with Gasteiger partial charge in [-0.05, 0) is 49.7 Å². The van der Waals surface area contributed by atoms with E-state index in [1.165, 1.54) is 0 Å². The number of rotatable bonds is 8. The minimum atomic E-state index is -0.350. The van der Waals surface area contributed by atoms with E-state index >= 15 is 0 Å². The zero-order chi connectivity index (χ0) is 18.9. The third kappa shape index (κ3) is 5.85. The summed E-state index contributed by atoms with van der Waals surface area (Å²) in [5.41, 5.74) is 3.72. The molecule has 26 heavy (non-hydrogen) atoms. The summed E-state index contributed by atoms with van der Waals surface area (Å²) in [5, 5.41) is 4.06. The van der Waals surface area contributed by atoms with E-state index in [-0.39, 0.29) is 5.91 Å². The van der Waals surface area contributed by atoms with Gasteiger partial charge in [0.15, 0.2) is 0 Å². The topological polar surface area (TPSA) is 59.9 Å². The first-order valence-corrected chi connectivity index (χ1v) is 9.81. The fourth-order valence-electron chi connectivity index (χ4n) is 2.15. The molecule has 1 N–H and O–H groups in total. The number of benzene rings is 2. The van der Waals surface area contributed by atoms with Crippen molar-refractivity contribution in [2.24, 2.45) is 5.10 Å². The lowest BCUT2D eigenvalue weighted by Gasteiger charge is -2.10. The van der Waals surface area contributed by atoms with Crippen molar-refractivity contribution in [3.05, 3.63) is 56.5 Å². The van der Waals surface area contributed by atoms with Crippen LogP contribution in [0.15, 0.2) is 50.4 Å². The molecule has 0 saturated carbocycles. The first kappa shape index (κ1) is 20.5. The minimum Gasteiger partial charge on any atom is -0.493 e. The summed E-state index contributed by atoms with van der Waals surface area (Å²) >= 11 is 6.80. The molecule has 2 aromatic carbocycles. The average Bonchev–Trinajstić information content (AvgIpc) is 2.62. The van der Waals surface area contributed by atoms with Crippen LogP contribution in [0.5, 0.6) is 11.5 Å². The highest BCUT2D eigenvalue weighted by atomic mass is 79.9. The Morgan fingerprint density at radius 2 is 1.77 bits per heavy atom. The van der Waals surface area contributed by atoms with E-state index < -0.39 is 0 Å². The smallest absolute Gasteiger partial charge is 0.275 e. The van der Waals surface area contributed by atoms with E-state index in [0.717, 1.165) is 20.9 Å². The van der Waals surface area contributed by atoms with Gasteiger partial charge in [-0.1, -0.05) is 38.8 Å². The summed E-state index contributed by atoms with van der Waals surface area (Å²) in [5.74, 6) is 0.875. The second-order valence-electron chi connectivity index (χ2n) is 5.30. The van der Waals surface area contributed by atoms with E-state index in [1.807, 2.05) is 38.1 Å². The molecule has 2 rings (SSSR count). The molecule has 0 fully saturated rings. The molecule has 0 unspecified atom stereocenters. The van der Waals surface area contributed by atoms with Crippen molar-refractivity contribution >= 4 is 44.0 Å². The second-order valence-corrected chi connectivity index (χ2v) is 7.13. The van der Waals surface area contributed by atoms with E-state index in [9.17, 15) is 4.79 Å². The van der Waals surface area contributed by atoms with Crippen LogP contribution in [0.1, 0.15) is 36.2 Å². The Labute approximate surface area is 170 Å². The number of amides is 1. The fourth-order valence-corrected chi connectivity index (χ4v) is 2.89. The Balaban J connectivity index is 2.15. The molecular weight excluding hydrogens is 464 g/mol. The highest BCUT2D eigenvalue weighted by molar-refractivity contribution is 9.10. The number of carbonyl (C=O) groups excluding carboxylic acids is 1. The highest BCUT2D eigenvalue weighted by Gasteiger charge is 2.12. The van der Waals surface area contributed by atoms with Gasteiger partial charge in [0.05, 0.1) is 25.0 Å². The van der Waals surface area contributed by atoms with Crippen LogP contribution in [0.2, 0.25) is 0 Å². The number of hydrogen-bond donors (Lipinski definition) is 1. The van der Waals surface area contributed by atoms with Crippen LogP contribution in [0, 0.1) is 0 Å². The molecule has 0 aliphatic heterocycles.